The largest absolute Gasteiger partial charge is 0.371 e. The van der Waals surface area contributed by atoms with Crippen LogP contribution in [0.5, 0.6) is 0 Å². The fourth-order valence-electron chi connectivity index (χ4n) is 1.79. The summed E-state index contributed by atoms with van der Waals surface area (Å²) in [5.74, 6) is 0. The second-order valence-corrected chi connectivity index (χ2v) is 5.38. The molecule has 0 atom stereocenters. The van der Waals surface area contributed by atoms with Crippen LogP contribution in [0.2, 0.25) is 0 Å². The van der Waals surface area contributed by atoms with Crippen LogP contribution in [-0.4, -0.2) is 31.0 Å². The first-order chi connectivity index (χ1) is 9.62. The quantitative estimate of drug-likeness (QED) is 0.466. The Morgan fingerprint density at radius 3 is 2.60 bits per heavy atom. The van der Waals surface area contributed by atoms with E-state index in [9.17, 15) is 0 Å². The van der Waals surface area contributed by atoms with Crippen molar-refractivity contribution in [2.75, 3.05) is 24.5 Å². The molecule has 0 radical (unpaired) electrons. The van der Waals surface area contributed by atoms with Crippen molar-refractivity contribution in [3.63, 3.8) is 0 Å². The van der Waals surface area contributed by atoms with Crippen molar-refractivity contribution in [2.45, 2.75) is 20.8 Å². The molecule has 0 heterocycles. The molecule has 110 valence electrons. The highest BCUT2D eigenvalue weighted by Gasteiger charge is 2.06. The summed E-state index contributed by atoms with van der Waals surface area (Å²) >= 11 is 8.64. The summed E-state index contributed by atoms with van der Waals surface area (Å²) in [6, 6.07) is 6.19. The molecule has 2 N–H and O–H groups in total. The topological polar surface area (TPSA) is 39.7 Å². The molecule has 0 aliphatic carbocycles. The molecule has 1 aromatic carbocycles. The highest BCUT2D eigenvalue weighted by Crippen LogP contribution is 2.26. The van der Waals surface area contributed by atoms with Crippen molar-refractivity contribution in [3.8, 4) is 0 Å². The number of halogens is 1. The third-order valence-corrected chi connectivity index (χ3v) is 3.66. The van der Waals surface area contributed by atoms with Crippen molar-refractivity contribution >= 4 is 45.2 Å². The number of anilines is 1. The Morgan fingerprint density at radius 1 is 1.35 bits per heavy atom. The van der Waals surface area contributed by atoms with Crippen LogP contribution in [0.3, 0.4) is 0 Å². The smallest absolute Gasteiger partial charge is 0.186 e. The zero-order chi connectivity index (χ0) is 15.0. The molecule has 0 bridgehead atoms. The molecule has 0 unspecified atom stereocenters. The first-order valence-electron chi connectivity index (χ1n) is 6.73. The molecule has 0 aliphatic heterocycles. The Balaban J connectivity index is 2.72. The Labute approximate surface area is 134 Å². The Bertz CT molecular complexity index is 472. The standard InChI is InChI=1S/C14H21BrN4S/c1-4-16-14(20)18-17-10-11-7-8-13(12(15)9-11)19(5-2)6-3/h7-10H,4-6H2,1-3H3,(H2,16,18,20). The highest BCUT2D eigenvalue weighted by atomic mass is 79.9. The molecule has 1 aromatic rings. The molecule has 4 nitrogen and oxygen atoms in total. The Hall–Kier alpha value is -1.14. The van der Waals surface area contributed by atoms with E-state index in [0.29, 0.717) is 5.11 Å². The van der Waals surface area contributed by atoms with Crippen molar-refractivity contribution in [3.05, 3.63) is 28.2 Å². The van der Waals surface area contributed by atoms with E-state index in [1.54, 1.807) is 6.21 Å². The van der Waals surface area contributed by atoms with Gasteiger partial charge in [-0.05, 0) is 66.6 Å². The minimum atomic E-state index is 0.530. The fourth-order valence-corrected chi connectivity index (χ4v) is 2.63. The summed E-state index contributed by atoms with van der Waals surface area (Å²) in [5.41, 5.74) is 4.99. The van der Waals surface area contributed by atoms with Crippen LogP contribution in [0.4, 0.5) is 5.69 Å². The van der Waals surface area contributed by atoms with Crippen molar-refractivity contribution in [1.29, 1.82) is 0 Å². The molecular formula is C14H21BrN4S. The molecule has 0 aliphatic rings. The average molecular weight is 357 g/mol. The number of hydrazone groups is 1. The fraction of sp³-hybridized carbons (Fsp3) is 0.429. The number of thiocarbonyl (C=S) groups is 1. The molecule has 0 saturated heterocycles. The average Bonchev–Trinajstić information content (AvgIpc) is 2.42. The third-order valence-electron chi connectivity index (χ3n) is 2.79. The summed E-state index contributed by atoms with van der Waals surface area (Å²) in [4.78, 5) is 2.30. The number of rotatable bonds is 6. The number of nitrogens with zero attached hydrogens (tertiary/aromatic N) is 2. The van der Waals surface area contributed by atoms with Gasteiger partial charge in [0.2, 0.25) is 0 Å². The van der Waals surface area contributed by atoms with Gasteiger partial charge in [-0.3, -0.25) is 5.43 Å². The van der Waals surface area contributed by atoms with Crippen LogP contribution in [0.25, 0.3) is 0 Å². The lowest BCUT2D eigenvalue weighted by molar-refractivity contribution is 0.864. The maximum Gasteiger partial charge on any atom is 0.186 e. The maximum atomic E-state index is 5.03. The van der Waals surface area contributed by atoms with Gasteiger partial charge >= 0.3 is 0 Å². The molecule has 6 heteroatoms. The minimum Gasteiger partial charge on any atom is -0.371 e. The molecule has 0 aromatic heterocycles. The third kappa shape index (κ3) is 5.09. The van der Waals surface area contributed by atoms with E-state index in [-0.39, 0.29) is 0 Å². The van der Waals surface area contributed by atoms with Crippen molar-refractivity contribution < 1.29 is 0 Å². The summed E-state index contributed by atoms with van der Waals surface area (Å²) in [5, 5.41) is 7.61. The molecular weight excluding hydrogens is 336 g/mol. The summed E-state index contributed by atoms with van der Waals surface area (Å²) in [6.07, 6.45) is 1.75. The molecule has 20 heavy (non-hydrogen) atoms. The van der Waals surface area contributed by atoms with Gasteiger partial charge in [-0.2, -0.15) is 5.10 Å². The molecule has 0 saturated carbocycles. The molecule has 0 spiro atoms. The van der Waals surface area contributed by atoms with Gasteiger partial charge in [-0.15, -0.1) is 0 Å². The van der Waals surface area contributed by atoms with Crippen molar-refractivity contribution in [1.82, 2.24) is 10.7 Å². The molecule has 1 rings (SSSR count). The lowest BCUT2D eigenvalue weighted by atomic mass is 10.2. The molecule has 0 amide bonds. The lowest BCUT2D eigenvalue weighted by Crippen LogP contribution is -2.31. The summed E-state index contributed by atoms with van der Waals surface area (Å²) < 4.78 is 1.07. The van der Waals surface area contributed by atoms with Crippen molar-refractivity contribution in [2.24, 2.45) is 5.10 Å². The number of nitrogens with one attached hydrogen (secondary N) is 2. The summed E-state index contributed by atoms with van der Waals surface area (Å²) in [6.45, 7) is 9.04. The Morgan fingerprint density at radius 2 is 2.05 bits per heavy atom. The van der Waals surface area contributed by atoms with Gasteiger partial charge in [0.05, 0.1) is 11.9 Å². The minimum absolute atomic E-state index is 0.530. The van der Waals surface area contributed by atoms with E-state index in [4.69, 9.17) is 12.2 Å². The van der Waals surface area contributed by atoms with Gasteiger partial charge in [-0.1, -0.05) is 6.07 Å². The Kier molecular flexibility index (Phi) is 7.54. The maximum absolute atomic E-state index is 5.03. The molecule has 0 fully saturated rings. The van der Waals surface area contributed by atoms with E-state index in [1.807, 2.05) is 13.0 Å². The van der Waals surface area contributed by atoms with Gasteiger partial charge in [0, 0.05) is 24.1 Å². The lowest BCUT2D eigenvalue weighted by Gasteiger charge is -2.22. The number of benzene rings is 1. The van der Waals surface area contributed by atoms with Crippen LogP contribution in [-0.2, 0) is 0 Å². The van der Waals surface area contributed by atoms with Crippen LogP contribution >= 0.6 is 28.1 Å². The second-order valence-electron chi connectivity index (χ2n) is 4.11. The van der Waals surface area contributed by atoms with Crippen LogP contribution < -0.4 is 15.6 Å². The predicted molar refractivity (Wildman–Crippen MR) is 94.7 cm³/mol. The van der Waals surface area contributed by atoms with Gasteiger partial charge in [-0.25, -0.2) is 0 Å². The monoisotopic (exact) mass is 356 g/mol. The first-order valence-corrected chi connectivity index (χ1v) is 7.93. The second kappa shape index (κ2) is 8.92. The first kappa shape index (κ1) is 16.9. The van der Waals surface area contributed by atoms with E-state index < -0.39 is 0 Å². The number of hydrogen-bond donors (Lipinski definition) is 2. The SMILES string of the molecule is CCNC(=S)NN=Cc1ccc(N(CC)CC)c(Br)c1. The highest BCUT2D eigenvalue weighted by molar-refractivity contribution is 9.10. The predicted octanol–water partition coefficient (Wildman–Crippen LogP) is 3.11. The van der Waals surface area contributed by atoms with Gasteiger partial charge in [0.15, 0.2) is 5.11 Å². The van der Waals surface area contributed by atoms with Crippen LogP contribution in [0.1, 0.15) is 26.3 Å². The summed E-state index contributed by atoms with van der Waals surface area (Å²) in [7, 11) is 0. The van der Waals surface area contributed by atoms with Gasteiger partial charge < -0.3 is 10.2 Å². The van der Waals surface area contributed by atoms with E-state index >= 15 is 0 Å². The van der Waals surface area contributed by atoms with E-state index in [2.05, 4.69) is 62.7 Å². The zero-order valence-corrected chi connectivity index (χ0v) is 14.5. The normalized spacial score (nSPS) is 10.6. The van der Waals surface area contributed by atoms with Gasteiger partial charge in [0.1, 0.15) is 0 Å². The van der Waals surface area contributed by atoms with E-state index in [1.165, 1.54) is 5.69 Å². The van der Waals surface area contributed by atoms with E-state index in [0.717, 1.165) is 29.7 Å². The zero-order valence-electron chi connectivity index (χ0n) is 12.1. The number of hydrogen-bond acceptors (Lipinski definition) is 3. The van der Waals surface area contributed by atoms with Gasteiger partial charge in [0.25, 0.3) is 0 Å². The van der Waals surface area contributed by atoms with Crippen LogP contribution in [0.15, 0.2) is 27.8 Å². The van der Waals surface area contributed by atoms with Crippen LogP contribution in [0, 0.1) is 0 Å².